The maximum atomic E-state index is 14.2. The van der Waals surface area contributed by atoms with Crippen LogP contribution in [0.25, 0.3) is 32.6 Å². The molecular weight excluding hydrogens is 582 g/mol. The van der Waals surface area contributed by atoms with E-state index in [0.29, 0.717) is 34.8 Å². The molecule has 0 unspecified atom stereocenters. The first-order chi connectivity index (χ1) is 21.1. The van der Waals surface area contributed by atoms with Gasteiger partial charge in [0.15, 0.2) is 5.78 Å². The molecule has 0 atom stereocenters. The third kappa shape index (κ3) is 5.05. The average molecular weight is 617 g/mol. The van der Waals surface area contributed by atoms with Gasteiger partial charge >= 0.3 is 5.97 Å². The summed E-state index contributed by atoms with van der Waals surface area (Å²) in [5.41, 5.74) is 4.32. The zero-order chi connectivity index (χ0) is 30.7. The number of ketones is 1. The van der Waals surface area contributed by atoms with Crippen LogP contribution < -0.4 is 4.90 Å². The van der Waals surface area contributed by atoms with Crippen LogP contribution in [0.1, 0.15) is 78.3 Å². The highest BCUT2D eigenvalue weighted by atomic mass is 32.1. The van der Waals surface area contributed by atoms with Crippen LogP contribution in [0.15, 0.2) is 54.6 Å². The van der Waals surface area contributed by atoms with Crippen molar-refractivity contribution in [2.75, 3.05) is 4.90 Å². The van der Waals surface area contributed by atoms with Crippen LogP contribution in [0.3, 0.4) is 0 Å². The predicted octanol–water partition coefficient (Wildman–Crippen LogP) is 8.67. The van der Waals surface area contributed by atoms with E-state index in [4.69, 9.17) is 0 Å². The van der Waals surface area contributed by atoms with Crippen LogP contribution in [-0.4, -0.2) is 39.3 Å². The number of hydrogen-bond donors (Lipinski definition) is 1. The molecule has 1 N–H and O–H groups in total. The molecule has 3 heterocycles. The summed E-state index contributed by atoms with van der Waals surface area (Å²) in [5, 5.41) is 11.3. The molecule has 2 aliphatic carbocycles. The summed E-state index contributed by atoms with van der Waals surface area (Å²) in [6.07, 6.45) is 2.83. The molecule has 0 saturated heterocycles. The number of amides is 1. The number of halogens is 2. The molecule has 4 aromatic rings. The van der Waals surface area contributed by atoms with E-state index in [9.17, 15) is 28.3 Å². The molecule has 7 rings (SSSR count). The second kappa shape index (κ2) is 10.9. The Morgan fingerprint density at radius 3 is 2.41 bits per heavy atom. The van der Waals surface area contributed by atoms with Gasteiger partial charge in [0.05, 0.1) is 17.9 Å². The van der Waals surface area contributed by atoms with Crippen molar-refractivity contribution < 1.29 is 28.3 Å². The molecule has 1 aliphatic heterocycles. The molecule has 228 valence electrons. The summed E-state index contributed by atoms with van der Waals surface area (Å²) >= 11 is 1.06. The van der Waals surface area contributed by atoms with Crippen molar-refractivity contribution in [2.45, 2.75) is 76.8 Å². The zero-order valence-corrected chi connectivity index (χ0v) is 25.3. The molecule has 0 radical (unpaired) electrons. The van der Waals surface area contributed by atoms with Crippen molar-refractivity contribution in [3.8, 4) is 21.7 Å². The maximum absolute atomic E-state index is 14.2. The molecule has 2 saturated carbocycles. The standard InChI is InChI=1S/C35H34F2N2O4S/c1-20-6-8-21(9-7-20)33(41)39(24-12-14-35(36,37)15-13-24)29-18-31(44-32(29)34(42)43)23-10-11-25-26(16-23)30(40)19-38-27-5-3-2-4-22(27)17-28(25)38/h2-5,10-11,16-18,20-21,24H,6-9,12-15,19H2,1H3,(H,42,43). The molecule has 0 spiro atoms. The van der Waals surface area contributed by atoms with Gasteiger partial charge < -0.3 is 14.6 Å². The van der Waals surface area contributed by atoms with E-state index < -0.39 is 17.9 Å². The van der Waals surface area contributed by atoms with E-state index in [2.05, 4.69) is 13.0 Å². The van der Waals surface area contributed by atoms with E-state index in [1.165, 1.54) is 0 Å². The third-order valence-electron chi connectivity index (χ3n) is 9.81. The number of carbonyl (C=O) groups excluding carboxylic acids is 2. The lowest BCUT2D eigenvalue weighted by Gasteiger charge is -2.39. The first-order valence-corrected chi connectivity index (χ1v) is 16.3. The van der Waals surface area contributed by atoms with Gasteiger partial charge in [0.1, 0.15) is 4.88 Å². The minimum atomic E-state index is -2.78. The minimum absolute atomic E-state index is 0.0130. The molecule has 2 fully saturated rings. The largest absolute Gasteiger partial charge is 0.477 e. The summed E-state index contributed by atoms with van der Waals surface area (Å²) in [7, 11) is 0. The Balaban J connectivity index is 1.29. The van der Waals surface area contributed by atoms with Gasteiger partial charge in [0.25, 0.3) is 0 Å². The van der Waals surface area contributed by atoms with Gasteiger partial charge in [-0.3, -0.25) is 9.59 Å². The van der Waals surface area contributed by atoms with E-state index in [1.807, 2.05) is 47.0 Å². The molecule has 9 heteroatoms. The quantitative estimate of drug-likeness (QED) is 0.243. The number of aromatic nitrogens is 1. The highest BCUT2D eigenvalue weighted by Gasteiger charge is 2.42. The Morgan fingerprint density at radius 1 is 0.955 bits per heavy atom. The molecule has 2 aromatic heterocycles. The lowest BCUT2D eigenvalue weighted by molar-refractivity contribution is -0.124. The molecule has 44 heavy (non-hydrogen) atoms. The summed E-state index contributed by atoms with van der Waals surface area (Å²) in [4.78, 5) is 42.3. The van der Waals surface area contributed by atoms with Gasteiger partial charge in [0.2, 0.25) is 11.8 Å². The van der Waals surface area contributed by atoms with E-state index in [-0.39, 0.29) is 60.4 Å². The number of hydrogen-bond acceptors (Lipinski definition) is 4. The highest BCUT2D eigenvalue weighted by molar-refractivity contribution is 7.18. The summed E-state index contributed by atoms with van der Waals surface area (Å²) in [6.45, 7) is 2.38. The Labute approximate surface area is 258 Å². The first-order valence-electron chi connectivity index (χ1n) is 15.4. The number of carbonyl (C=O) groups is 3. The summed E-state index contributed by atoms with van der Waals surface area (Å²) in [5.74, 6) is -3.86. The van der Waals surface area contributed by atoms with Crippen LogP contribution in [0.5, 0.6) is 0 Å². The number of carboxylic acids is 1. The molecular formula is C35H34F2N2O4S. The van der Waals surface area contributed by atoms with Gasteiger partial charge in [0, 0.05) is 51.7 Å². The fourth-order valence-electron chi connectivity index (χ4n) is 7.32. The predicted molar refractivity (Wildman–Crippen MR) is 168 cm³/mol. The van der Waals surface area contributed by atoms with Gasteiger partial charge in [-0.2, -0.15) is 0 Å². The Morgan fingerprint density at radius 2 is 1.68 bits per heavy atom. The van der Waals surface area contributed by atoms with E-state index in [1.54, 1.807) is 11.0 Å². The number of fused-ring (bicyclic) bond motifs is 5. The zero-order valence-electron chi connectivity index (χ0n) is 24.5. The van der Waals surface area contributed by atoms with Crippen LogP contribution >= 0.6 is 11.3 Å². The second-order valence-electron chi connectivity index (χ2n) is 12.7. The Bertz CT molecular complexity index is 1790. The van der Waals surface area contributed by atoms with Gasteiger partial charge in [-0.1, -0.05) is 37.3 Å². The smallest absolute Gasteiger partial charge is 0.348 e. The lowest BCUT2D eigenvalue weighted by Crippen LogP contribution is -2.47. The van der Waals surface area contributed by atoms with E-state index in [0.717, 1.165) is 46.3 Å². The summed E-state index contributed by atoms with van der Waals surface area (Å²) in [6, 6.07) is 16.9. The number of para-hydroxylation sites is 1. The van der Waals surface area contributed by atoms with Crippen molar-refractivity contribution >= 4 is 45.6 Å². The Hall–Kier alpha value is -3.85. The molecule has 0 bridgehead atoms. The van der Waals surface area contributed by atoms with Crippen molar-refractivity contribution in [1.29, 1.82) is 0 Å². The monoisotopic (exact) mass is 616 g/mol. The van der Waals surface area contributed by atoms with Gasteiger partial charge in [-0.25, -0.2) is 13.6 Å². The molecule has 3 aliphatic rings. The van der Waals surface area contributed by atoms with E-state index >= 15 is 0 Å². The first kappa shape index (κ1) is 28.9. The number of aromatic carboxylic acids is 1. The summed E-state index contributed by atoms with van der Waals surface area (Å²) < 4.78 is 30.4. The minimum Gasteiger partial charge on any atom is -0.477 e. The van der Waals surface area contributed by atoms with Crippen molar-refractivity contribution in [3.63, 3.8) is 0 Å². The van der Waals surface area contributed by atoms with Crippen LogP contribution in [0.2, 0.25) is 0 Å². The normalized spacial score (nSPS) is 21.6. The Kier molecular flexibility index (Phi) is 7.19. The average Bonchev–Trinajstić information content (AvgIpc) is 3.61. The molecule has 1 amide bonds. The van der Waals surface area contributed by atoms with Gasteiger partial charge in [-0.05, 0) is 74.3 Å². The van der Waals surface area contributed by atoms with Gasteiger partial charge in [-0.15, -0.1) is 11.3 Å². The van der Waals surface area contributed by atoms with Crippen LogP contribution in [0, 0.1) is 11.8 Å². The third-order valence-corrected chi connectivity index (χ3v) is 11.0. The maximum Gasteiger partial charge on any atom is 0.348 e. The number of benzene rings is 2. The second-order valence-corrected chi connectivity index (χ2v) is 13.8. The fourth-order valence-corrected chi connectivity index (χ4v) is 8.31. The number of alkyl halides is 2. The SMILES string of the molecule is CC1CCC(C(=O)N(c2cc(-c3ccc4c(c3)C(=O)Cn3c-4cc4ccccc43)sc2C(=O)O)C2CCC(F)(F)CC2)CC1. The van der Waals surface area contributed by atoms with Crippen LogP contribution in [-0.2, 0) is 11.3 Å². The molecule has 2 aromatic carbocycles. The van der Waals surface area contributed by atoms with Crippen molar-refractivity contribution in [1.82, 2.24) is 4.57 Å². The fraction of sp³-hybridized carbons (Fsp3) is 0.400. The van der Waals surface area contributed by atoms with Crippen molar-refractivity contribution in [3.05, 3.63) is 65.0 Å². The number of anilines is 1. The molecule has 6 nitrogen and oxygen atoms in total. The number of Topliss-reactive ketones (excluding diaryl/α,β-unsaturated/α-hetero) is 1. The van der Waals surface area contributed by atoms with Crippen LogP contribution in [0.4, 0.5) is 14.5 Å². The number of rotatable bonds is 5. The lowest BCUT2D eigenvalue weighted by atomic mass is 9.81. The number of thiophene rings is 1. The van der Waals surface area contributed by atoms with Crippen molar-refractivity contribution in [2.24, 2.45) is 11.8 Å². The topological polar surface area (TPSA) is 79.6 Å². The number of nitrogens with zero attached hydrogens (tertiary/aromatic N) is 2. The highest BCUT2D eigenvalue weighted by Crippen LogP contribution is 2.45. The number of carboxylic acid groups (broad SMARTS) is 1.